The number of likely N-dealkylation sites (N-methyl/N-ethyl adjacent to an activating group) is 1. The number of ether oxygens (including phenoxy) is 2. The number of sulfonamides is 1. The van der Waals surface area contributed by atoms with E-state index in [1.807, 2.05) is 7.05 Å². The Labute approximate surface area is 152 Å². The van der Waals surface area contributed by atoms with Gasteiger partial charge in [-0.1, -0.05) is 0 Å². The van der Waals surface area contributed by atoms with Gasteiger partial charge in [-0.15, -0.1) is 12.4 Å². The zero-order chi connectivity index (χ0) is 16.3. The summed E-state index contributed by atoms with van der Waals surface area (Å²) in [5.41, 5.74) is 0. The first-order valence-electron chi connectivity index (χ1n) is 7.03. The summed E-state index contributed by atoms with van der Waals surface area (Å²) in [7, 11) is 1.27. The molecule has 1 aliphatic heterocycles. The molecular formula is C14H22BrClN2O4S. The predicted octanol–water partition coefficient (Wildman–Crippen LogP) is 2.26. The highest BCUT2D eigenvalue weighted by Gasteiger charge is 2.32. The van der Waals surface area contributed by atoms with Crippen LogP contribution in [0.15, 0.2) is 21.5 Å². The Hall–Kier alpha value is -0.540. The highest BCUT2D eigenvalue weighted by molar-refractivity contribution is 9.10. The molecule has 6 nitrogen and oxygen atoms in total. The quantitative estimate of drug-likeness (QED) is 0.777. The zero-order valence-corrected chi connectivity index (χ0v) is 16.6. The summed E-state index contributed by atoms with van der Waals surface area (Å²) >= 11 is 3.33. The van der Waals surface area contributed by atoms with Crippen molar-refractivity contribution < 1.29 is 17.9 Å². The van der Waals surface area contributed by atoms with Gasteiger partial charge in [0.1, 0.15) is 4.90 Å². The molecule has 1 aromatic rings. The summed E-state index contributed by atoms with van der Waals surface area (Å²) in [6.07, 6.45) is 1.82. The van der Waals surface area contributed by atoms with Crippen LogP contribution in [0.3, 0.4) is 0 Å². The first-order valence-corrected chi connectivity index (χ1v) is 9.26. The van der Waals surface area contributed by atoms with Gasteiger partial charge in [-0.3, -0.25) is 0 Å². The van der Waals surface area contributed by atoms with Gasteiger partial charge >= 0.3 is 0 Å². The number of nitrogens with zero attached hydrogens (tertiary/aromatic N) is 1. The van der Waals surface area contributed by atoms with E-state index in [9.17, 15) is 8.42 Å². The van der Waals surface area contributed by atoms with E-state index in [-0.39, 0.29) is 23.3 Å². The molecule has 1 N–H and O–H groups in total. The van der Waals surface area contributed by atoms with Crippen LogP contribution in [0, 0.1) is 0 Å². The summed E-state index contributed by atoms with van der Waals surface area (Å²) in [5, 5.41) is 3.15. The number of hydrogen-bond donors (Lipinski definition) is 1. The smallest absolute Gasteiger partial charge is 0.244 e. The number of rotatable bonds is 5. The summed E-state index contributed by atoms with van der Waals surface area (Å²) in [5.74, 6) is 0.881. The van der Waals surface area contributed by atoms with Crippen molar-refractivity contribution in [1.29, 1.82) is 0 Å². The summed E-state index contributed by atoms with van der Waals surface area (Å²) in [6.45, 7) is 1.00. The lowest BCUT2D eigenvalue weighted by Crippen LogP contribution is -2.46. The molecule has 1 saturated heterocycles. The fourth-order valence-electron chi connectivity index (χ4n) is 2.57. The van der Waals surface area contributed by atoms with Gasteiger partial charge in [0.25, 0.3) is 0 Å². The van der Waals surface area contributed by atoms with Crippen molar-refractivity contribution in [3.63, 3.8) is 0 Å². The second-order valence-corrected chi connectivity index (χ2v) is 7.89. The Kier molecular flexibility index (Phi) is 7.60. The third-order valence-electron chi connectivity index (χ3n) is 3.85. The van der Waals surface area contributed by atoms with E-state index in [1.54, 1.807) is 6.07 Å². The Morgan fingerprint density at radius 1 is 1.26 bits per heavy atom. The standard InChI is InChI=1S/C14H21BrN2O4S.ClH/c1-16-10-5-4-6-17(9-10)22(18,19)14-8-13(21-3)12(20-2)7-11(14)15;/h7-8,10,16H,4-6,9H2,1-3H3;1H. The van der Waals surface area contributed by atoms with Crippen molar-refractivity contribution in [1.82, 2.24) is 9.62 Å². The molecule has 1 aliphatic rings. The van der Waals surface area contributed by atoms with E-state index in [0.29, 0.717) is 29.1 Å². The average molecular weight is 430 g/mol. The Morgan fingerprint density at radius 2 is 1.87 bits per heavy atom. The van der Waals surface area contributed by atoms with Crippen molar-refractivity contribution in [3.05, 3.63) is 16.6 Å². The monoisotopic (exact) mass is 428 g/mol. The molecule has 1 unspecified atom stereocenters. The van der Waals surface area contributed by atoms with Crippen LogP contribution >= 0.6 is 28.3 Å². The largest absolute Gasteiger partial charge is 0.493 e. The highest BCUT2D eigenvalue weighted by atomic mass is 79.9. The van der Waals surface area contributed by atoms with Crippen LogP contribution in [-0.2, 0) is 10.0 Å². The number of nitrogens with one attached hydrogen (secondary N) is 1. The summed E-state index contributed by atoms with van der Waals surface area (Å²) in [6, 6.07) is 3.30. The Morgan fingerprint density at radius 3 is 2.43 bits per heavy atom. The average Bonchev–Trinajstić information content (AvgIpc) is 2.54. The first-order chi connectivity index (χ1) is 10.4. The molecule has 2 rings (SSSR count). The molecule has 1 heterocycles. The molecule has 0 bridgehead atoms. The van der Waals surface area contributed by atoms with Crippen LogP contribution in [0.5, 0.6) is 11.5 Å². The van der Waals surface area contributed by atoms with Crippen LogP contribution in [0.4, 0.5) is 0 Å². The second kappa shape index (κ2) is 8.53. The van der Waals surface area contributed by atoms with Gasteiger partial charge in [0.15, 0.2) is 11.5 Å². The summed E-state index contributed by atoms with van der Waals surface area (Å²) < 4.78 is 38.2. The van der Waals surface area contributed by atoms with Gasteiger partial charge in [-0.05, 0) is 41.9 Å². The molecule has 132 valence electrons. The van der Waals surface area contributed by atoms with Gasteiger partial charge < -0.3 is 14.8 Å². The first kappa shape index (κ1) is 20.5. The lowest BCUT2D eigenvalue weighted by Gasteiger charge is -2.32. The van der Waals surface area contributed by atoms with Gasteiger partial charge in [0, 0.05) is 29.7 Å². The Balaban J connectivity index is 0.00000264. The molecule has 0 radical (unpaired) electrons. The van der Waals surface area contributed by atoms with Crippen LogP contribution in [0.1, 0.15) is 12.8 Å². The van der Waals surface area contributed by atoms with Crippen molar-refractivity contribution in [2.24, 2.45) is 0 Å². The van der Waals surface area contributed by atoms with E-state index >= 15 is 0 Å². The third-order valence-corrected chi connectivity index (χ3v) is 6.67. The fourth-order valence-corrected chi connectivity index (χ4v) is 5.09. The number of hydrogen-bond acceptors (Lipinski definition) is 5. The number of methoxy groups -OCH3 is 2. The van der Waals surface area contributed by atoms with Crippen molar-refractivity contribution in [2.45, 2.75) is 23.8 Å². The van der Waals surface area contributed by atoms with E-state index in [0.717, 1.165) is 12.8 Å². The van der Waals surface area contributed by atoms with Crippen LogP contribution in [-0.4, -0.2) is 53.1 Å². The van der Waals surface area contributed by atoms with E-state index in [4.69, 9.17) is 9.47 Å². The molecule has 0 amide bonds. The molecule has 23 heavy (non-hydrogen) atoms. The lowest BCUT2D eigenvalue weighted by atomic mass is 10.1. The molecule has 9 heteroatoms. The minimum atomic E-state index is -3.58. The maximum atomic E-state index is 12.9. The fraction of sp³-hybridized carbons (Fsp3) is 0.571. The van der Waals surface area contributed by atoms with Crippen molar-refractivity contribution in [2.75, 3.05) is 34.4 Å². The van der Waals surface area contributed by atoms with Gasteiger partial charge in [-0.25, -0.2) is 8.42 Å². The van der Waals surface area contributed by atoms with Gasteiger partial charge in [-0.2, -0.15) is 4.31 Å². The SMILES string of the molecule is CNC1CCCN(S(=O)(=O)c2cc(OC)c(OC)cc2Br)C1.Cl. The van der Waals surface area contributed by atoms with Crippen LogP contribution in [0.2, 0.25) is 0 Å². The predicted molar refractivity (Wildman–Crippen MR) is 95.3 cm³/mol. The minimum absolute atomic E-state index is 0. The molecule has 0 spiro atoms. The highest BCUT2D eigenvalue weighted by Crippen LogP contribution is 2.37. The topological polar surface area (TPSA) is 67.9 Å². The Bertz CT molecular complexity index is 642. The van der Waals surface area contributed by atoms with Gasteiger partial charge in [0.05, 0.1) is 14.2 Å². The molecule has 0 saturated carbocycles. The van der Waals surface area contributed by atoms with E-state index in [2.05, 4.69) is 21.2 Å². The molecular weight excluding hydrogens is 408 g/mol. The third kappa shape index (κ3) is 4.30. The summed E-state index contributed by atoms with van der Waals surface area (Å²) in [4.78, 5) is 0.196. The minimum Gasteiger partial charge on any atom is -0.493 e. The zero-order valence-electron chi connectivity index (χ0n) is 13.3. The van der Waals surface area contributed by atoms with E-state index in [1.165, 1.54) is 24.6 Å². The normalized spacial score (nSPS) is 19.0. The lowest BCUT2D eigenvalue weighted by molar-refractivity contribution is 0.292. The maximum absolute atomic E-state index is 12.9. The number of benzene rings is 1. The molecule has 1 aromatic carbocycles. The number of piperidine rings is 1. The van der Waals surface area contributed by atoms with Crippen molar-refractivity contribution in [3.8, 4) is 11.5 Å². The van der Waals surface area contributed by atoms with Crippen molar-refractivity contribution >= 4 is 38.4 Å². The number of halogens is 2. The molecule has 0 aliphatic carbocycles. The molecule has 1 fully saturated rings. The van der Waals surface area contributed by atoms with E-state index < -0.39 is 10.0 Å². The van der Waals surface area contributed by atoms with Crippen LogP contribution < -0.4 is 14.8 Å². The maximum Gasteiger partial charge on any atom is 0.244 e. The van der Waals surface area contributed by atoms with Crippen LogP contribution in [0.25, 0.3) is 0 Å². The molecule has 0 aromatic heterocycles. The molecule has 1 atom stereocenters. The second-order valence-electron chi connectivity index (χ2n) is 5.13. The van der Waals surface area contributed by atoms with Gasteiger partial charge in [0.2, 0.25) is 10.0 Å².